The van der Waals surface area contributed by atoms with Crippen LogP contribution in [0.5, 0.6) is 0 Å². The molecule has 1 heterocycles. The van der Waals surface area contributed by atoms with Crippen LogP contribution in [0.1, 0.15) is 19.4 Å². The van der Waals surface area contributed by atoms with Crippen molar-refractivity contribution in [2.45, 2.75) is 19.9 Å². The van der Waals surface area contributed by atoms with Crippen molar-refractivity contribution >= 4 is 21.9 Å². The highest BCUT2D eigenvalue weighted by molar-refractivity contribution is 8.27. The lowest BCUT2D eigenvalue weighted by atomic mass is 10.1. The number of rotatable bonds is 2. The van der Waals surface area contributed by atoms with E-state index in [1.807, 2.05) is 44.2 Å². The van der Waals surface area contributed by atoms with Crippen LogP contribution >= 0.6 is 11.8 Å². The second-order valence-corrected chi connectivity index (χ2v) is 4.90. The van der Waals surface area contributed by atoms with Gasteiger partial charge in [0.05, 0.1) is 0 Å². The van der Waals surface area contributed by atoms with Crippen molar-refractivity contribution in [3.05, 3.63) is 35.9 Å². The summed E-state index contributed by atoms with van der Waals surface area (Å²) in [4.78, 5) is 16.1. The molecule has 1 atom stereocenters. The first-order valence-corrected chi connectivity index (χ1v) is 5.85. The third-order valence-electron chi connectivity index (χ3n) is 2.35. The molecule has 1 aromatic carbocycles. The van der Waals surface area contributed by atoms with Gasteiger partial charge in [0, 0.05) is 5.56 Å². The topological polar surface area (TPSA) is 29.4 Å². The van der Waals surface area contributed by atoms with Crippen molar-refractivity contribution < 1.29 is 4.79 Å². The van der Waals surface area contributed by atoms with Crippen molar-refractivity contribution in [1.29, 1.82) is 0 Å². The first-order chi connectivity index (χ1) is 7.18. The summed E-state index contributed by atoms with van der Waals surface area (Å²) in [5, 5.41) is 1.03. The van der Waals surface area contributed by atoms with Crippen LogP contribution < -0.4 is 0 Å². The van der Waals surface area contributed by atoms with Crippen molar-refractivity contribution in [1.82, 2.24) is 0 Å². The Morgan fingerprint density at radius 1 is 1.27 bits per heavy atom. The normalized spacial score (nSPS) is 20.9. The molecule has 0 saturated heterocycles. The summed E-state index contributed by atoms with van der Waals surface area (Å²) in [6.45, 7) is 4.06. The summed E-state index contributed by atoms with van der Waals surface area (Å²) in [5.74, 6) is 0.284. The van der Waals surface area contributed by atoms with Gasteiger partial charge in [-0.05, 0) is 17.7 Å². The highest BCUT2D eigenvalue weighted by Gasteiger charge is 2.30. The number of hydrogen-bond acceptors (Lipinski definition) is 3. The first-order valence-electron chi connectivity index (χ1n) is 5.03. The van der Waals surface area contributed by atoms with E-state index in [1.54, 1.807) is 0 Å². The first kappa shape index (κ1) is 10.4. The van der Waals surface area contributed by atoms with E-state index in [1.165, 1.54) is 11.8 Å². The molecule has 0 aromatic heterocycles. The molecule has 0 bridgehead atoms. The van der Waals surface area contributed by atoms with Crippen LogP contribution in [0, 0.1) is 5.92 Å². The number of benzene rings is 1. The van der Waals surface area contributed by atoms with Gasteiger partial charge >= 0.3 is 0 Å². The highest BCUT2D eigenvalue weighted by Crippen LogP contribution is 2.28. The van der Waals surface area contributed by atoms with Crippen LogP contribution in [0.2, 0.25) is 0 Å². The van der Waals surface area contributed by atoms with Gasteiger partial charge in [-0.25, -0.2) is 0 Å². The third kappa shape index (κ3) is 2.12. The summed E-state index contributed by atoms with van der Waals surface area (Å²) < 4.78 is 0. The summed E-state index contributed by atoms with van der Waals surface area (Å²) in [6, 6.07) is 9.71. The average Bonchev–Trinajstić information content (AvgIpc) is 2.62. The molecule has 78 valence electrons. The smallest absolute Gasteiger partial charge is 0.219 e. The molecule has 1 unspecified atom stereocenters. The lowest BCUT2D eigenvalue weighted by Crippen LogP contribution is -2.17. The fraction of sp³-hybridized carbons (Fsp3) is 0.333. The monoisotopic (exact) mass is 219 g/mol. The Morgan fingerprint density at radius 2 is 1.93 bits per heavy atom. The number of carbonyl (C=O) groups is 1. The second-order valence-electron chi connectivity index (χ2n) is 3.91. The predicted molar refractivity (Wildman–Crippen MR) is 64.2 cm³/mol. The van der Waals surface area contributed by atoms with E-state index >= 15 is 0 Å². The molecule has 0 radical (unpaired) electrons. The zero-order valence-corrected chi connectivity index (χ0v) is 9.62. The SMILES string of the molecule is CC(C)C1N=C(c2ccccc2)SC1=O. The summed E-state index contributed by atoms with van der Waals surface area (Å²) in [5.41, 5.74) is 1.04. The zero-order valence-electron chi connectivity index (χ0n) is 8.81. The lowest BCUT2D eigenvalue weighted by molar-refractivity contribution is -0.112. The molecule has 2 rings (SSSR count). The Morgan fingerprint density at radius 3 is 2.47 bits per heavy atom. The fourth-order valence-corrected chi connectivity index (χ4v) is 2.55. The molecule has 0 amide bonds. The minimum Gasteiger partial charge on any atom is -0.284 e. The van der Waals surface area contributed by atoms with E-state index in [-0.39, 0.29) is 17.1 Å². The van der Waals surface area contributed by atoms with Crippen molar-refractivity contribution in [2.75, 3.05) is 0 Å². The molecular formula is C12H13NOS. The van der Waals surface area contributed by atoms with Gasteiger partial charge in [-0.3, -0.25) is 9.79 Å². The van der Waals surface area contributed by atoms with Crippen molar-refractivity contribution in [3.63, 3.8) is 0 Å². The van der Waals surface area contributed by atoms with Crippen molar-refractivity contribution in [2.24, 2.45) is 10.9 Å². The molecule has 0 fully saturated rings. The molecule has 0 saturated carbocycles. The van der Waals surface area contributed by atoms with Gasteiger partial charge in [-0.2, -0.15) is 0 Å². The van der Waals surface area contributed by atoms with Gasteiger partial charge in [-0.15, -0.1) is 0 Å². The Bertz CT molecular complexity index is 397. The summed E-state index contributed by atoms with van der Waals surface area (Å²) in [7, 11) is 0. The van der Waals surface area contributed by atoms with Crippen LogP contribution in [-0.2, 0) is 4.79 Å². The van der Waals surface area contributed by atoms with Gasteiger partial charge in [-0.1, -0.05) is 44.2 Å². The Hall–Kier alpha value is -1.09. The number of hydrogen-bond donors (Lipinski definition) is 0. The maximum absolute atomic E-state index is 11.6. The van der Waals surface area contributed by atoms with E-state index in [4.69, 9.17) is 0 Å². The van der Waals surface area contributed by atoms with Crippen LogP contribution in [-0.4, -0.2) is 16.2 Å². The molecule has 1 aliphatic heterocycles. The number of carbonyl (C=O) groups excluding carboxylic acids is 1. The lowest BCUT2D eigenvalue weighted by Gasteiger charge is -2.06. The van der Waals surface area contributed by atoms with Crippen LogP contribution in [0.15, 0.2) is 35.3 Å². The van der Waals surface area contributed by atoms with E-state index < -0.39 is 0 Å². The Balaban J connectivity index is 2.27. The maximum Gasteiger partial charge on any atom is 0.219 e. The van der Waals surface area contributed by atoms with Gasteiger partial charge in [0.25, 0.3) is 0 Å². The van der Waals surface area contributed by atoms with Crippen LogP contribution in [0.3, 0.4) is 0 Å². The molecule has 1 aliphatic rings. The maximum atomic E-state index is 11.6. The quantitative estimate of drug-likeness (QED) is 0.765. The van der Waals surface area contributed by atoms with Gasteiger partial charge < -0.3 is 0 Å². The van der Waals surface area contributed by atoms with E-state index in [0.717, 1.165) is 10.6 Å². The van der Waals surface area contributed by atoms with E-state index in [9.17, 15) is 4.79 Å². The number of nitrogens with zero attached hydrogens (tertiary/aromatic N) is 1. The van der Waals surface area contributed by atoms with Crippen LogP contribution in [0.25, 0.3) is 0 Å². The van der Waals surface area contributed by atoms with Gasteiger partial charge in [0.1, 0.15) is 11.1 Å². The van der Waals surface area contributed by atoms with Gasteiger partial charge in [0.15, 0.2) is 0 Å². The molecule has 1 aromatic rings. The number of aliphatic imine (C=N–C) groups is 1. The summed E-state index contributed by atoms with van der Waals surface area (Å²) in [6.07, 6.45) is 0. The number of thioether (sulfide) groups is 1. The molecule has 0 aliphatic carbocycles. The minimum atomic E-state index is -0.162. The highest BCUT2D eigenvalue weighted by atomic mass is 32.2. The molecule has 15 heavy (non-hydrogen) atoms. The molecule has 0 N–H and O–H groups in total. The molecular weight excluding hydrogens is 206 g/mol. The van der Waals surface area contributed by atoms with Crippen molar-refractivity contribution in [3.8, 4) is 0 Å². The van der Waals surface area contributed by atoms with Crippen LogP contribution in [0.4, 0.5) is 0 Å². The third-order valence-corrected chi connectivity index (χ3v) is 3.32. The molecule has 0 spiro atoms. The fourth-order valence-electron chi connectivity index (χ4n) is 1.50. The minimum absolute atomic E-state index is 0.162. The largest absolute Gasteiger partial charge is 0.284 e. The van der Waals surface area contributed by atoms with Gasteiger partial charge in [0.2, 0.25) is 5.12 Å². The predicted octanol–water partition coefficient (Wildman–Crippen LogP) is 2.73. The zero-order chi connectivity index (χ0) is 10.8. The molecule has 2 nitrogen and oxygen atoms in total. The second kappa shape index (κ2) is 4.19. The Kier molecular flexibility index (Phi) is 2.91. The van der Waals surface area contributed by atoms with E-state index in [0.29, 0.717) is 0 Å². The average molecular weight is 219 g/mol. The molecule has 3 heteroatoms. The standard InChI is InChI=1S/C12H13NOS/c1-8(2)10-12(14)15-11(13-10)9-6-4-3-5-7-9/h3-8,10H,1-2H3. The summed E-state index contributed by atoms with van der Waals surface area (Å²) >= 11 is 1.27. The van der Waals surface area contributed by atoms with E-state index in [2.05, 4.69) is 4.99 Å². The Labute approximate surface area is 93.8 Å².